The van der Waals surface area contributed by atoms with Crippen LogP contribution in [-0.4, -0.2) is 17.2 Å². The molecule has 0 spiro atoms. The largest absolute Gasteiger partial charge is 0.469 e. The van der Waals surface area contributed by atoms with Crippen molar-refractivity contribution in [1.29, 1.82) is 0 Å². The van der Waals surface area contributed by atoms with Crippen molar-refractivity contribution in [3.8, 4) is 11.5 Å². The van der Waals surface area contributed by atoms with Crippen LogP contribution in [0.15, 0.2) is 21.2 Å². The van der Waals surface area contributed by atoms with Gasteiger partial charge in [-0.15, -0.1) is 10.2 Å². The van der Waals surface area contributed by atoms with Crippen LogP contribution in [0.4, 0.5) is 0 Å². The van der Waals surface area contributed by atoms with Crippen LogP contribution in [0.2, 0.25) is 0 Å². The lowest BCUT2D eigenvalue weighted by Crippen LogP contribution is -2.12. The quantitative estimate of drug-likeness (QED) is 0.832. The molecule has 0 radical (unpaired) electrons. The third-order valence-corrected chi connectivity index (χ3v) is 2.22. The van der Waals surface area contributed by atoms with Gasteiger partial charge in [-0.1, -0.05) is 0 Å². The molecule has 2 aromatic rings. The Balaban J connectivity index is 2.27. The van der Waals surface area contributed by atoms with E-state index in [0.29, 0.717) is 11.8 Å². The number of aryl methyl sites for hydroxylation is 1. The molecule has 0 bridgehead atoms. The lowest BCUT2D eigenvalue weighted by Gasteiger charge is -2.01. The van der Waals surface area contributed by atoms with Gasteiger partial charge in [0, 0.05) is 0 Å². The first kappa shape index (κ1) is 9.92. The van der Waals surface area contributed by atoms with Crippen molar-refractivity contribution >= 4 is 0 Å². The first-order chi connectivity index (χ1) is 7.20. The summed E-state index contributed by atoms with van der Waals surface area (Å²) >= 11 is 0. The summed E-state index contributed by atoms with van der Waals surface area (Å²) in [6, 6.07) is 1.92. The second-order valence-electron chi connectivity index (χ2n) is 3.40. The Kier molecular flexibility index (Phi) is 2.55. The topological polar surface area (TPSA) is 64.1 Å². The molecule has 2 aromatic heterocycles. The van der Waals surface area contributed by atoms with Crippen LogP contribution in [-0.2, 0) is 0 Å². The van der Waals surface area contributed by atoms with E-state index in [9.17, 15) is 0 Å². The molecule has 0 aliphatic rings. The fourth-order valence-corrected chi connectivity index (χ4v) is 1.21. The minimum atomic E-state index is 0.0549. The standard InChI is InChI=1S/C10H13N3O2/c1-6-4-8(5-14-6)10-13-12-9(15-10)7(2)11-3/h4-5,7,11H,1-3H3. The van der Waals surface area contributed by atoms with Gasteiger partial charge in [0.25, 0.3) is 5.89 Å². The first-order valence-electron chi connectivity index (χ1n) is 4.77. The summed E-state index contributed by atoms with van der Waals surface area (Å²) in [4.78, 5) is 0. The molecule has 5 heteroatoms. The van der Waals surface area contributed by atoms with Gasteiger partial charge in [-0.05, 0) is 27.0 Å². The fraction of sp³-hybridized carbons (Fsp3) is 0.400. The number of hydrogen-bond acceptors (Lipinski definition) is 5. The SMILES string of the molecule is CNC(C)c1nnc(-c2coc(C)c2)o1. The summed E-state index contributed by atoms with van der Waals surface area (Å²) in [7, 11) is 1.84. The van der Waals surface area contributed by atoms with Gasteiger partial charge in [0.2, 0.25) is 5.89 Å². The van der Waals surface area contributed by atoms with Gasteiger partial charge in [-0.2, -0.15) is 0 Å². The van der Waals surface area contributed by atoms with E-state index >= 15 is 0 Å². The van der Waals surface area contributed by atoms with E-state index in [1.807, 2.05) is 27.0 Å². The predicted molar refractivity (Wildman–Crippen MR) is 54.2 cm³/mol. The summed E-state index contributed by atoms with van der Waals surface area (Å²) in [6.07, 6.45) is 1.61. The van der Waals surface area contributed by atoms with E-state index in [1.165, 1.54) is 0 Å². The Morgan fingerprint density at radius 3 is 2.80 bits per heavy atom. The van der Waals surface area contributed by atoms with Crippen molar-refractivity contribution in [2.24, 2.45) is 0 Å². The third kappa shape index (κ3) is 1.92. The Labute approximate surface area is 87.5 Å². The Morgan fingerprint density at radius 2 is 2.20 bits per heavy atom. The molecule has 0 aliphatic heterocycles. The molecule has 0 saturated heterocycles. The molecule has 0 saturated carbocycles. The fourth-order valence-electron chi connectivity index (χ4n) is 1.21. The Bertz CT molecular complexity index is 447. The van der Waals surface area contributed by atoms with Crippen LogP contribution in [0.3, 0.4) is 0 Å². The monoisotopic (exact) mass is 207 g/mol. The zero-order valence-electron chi connectivity index (χ0n) is 8.94. The molecule has 1 N–H and O–H groups in total. The smallest absolute Gasteiger partial charge is 0.251 e. The number of hydrogen-bond donors (Lipinski definition) is 1. The molecule has 80 valence electrons. The maximum atomic E-state index is 5.49. The van der Waals surface area contributed by atoms with E-state index in [4.69, 9.17) is 8.83 Å². The van der Waals surface area contributed by atoms with E-state index in [1.54, 1.807) is 6.26 Å². The van der Waals surface area contributed by atoms with Crippen LogP contribution in [0.25, 0.3) is 11.5 Å². The Morgan fingerprint density at radius 1 is 1.40 bits per heavy atom. The van der Waals surface area contributed by atoms with Crippen molar-refractivity contribution in [2.45, 2.75) is 19.9 Å². The zero-order valence-corrected chi connectivity index (χ0v) is 8.94. The van der Waals surface area contributed by atoms with Crippen molar-refractivity contribution in [3.05, 3.63) is 24.0 Å². The predicted octanol–water partition coefficient (Wildman–Crippen LogP) is 1.92. The molecule has 1 unspecified atom stereocenters. The zero-order chi connectivity index (χ0) is 10.8. The van der Waals surface area contributed by atoms with E-state index in [0.717, 1.165) is 11.3 Å². The molecule has 0 fully saturated rings. The van der Waals surface area contributed by atoms with Gasteiger partial charge in [0.15, 0.2) is 0 Å². The minimum Gasteiger partial charge on any atom is -0.469 e. The highest BCUT2D eigenvalue weighted by Crippen LogP contribution is 2.22. The van der Waals surface area contributed by atoms with Crippen LogP contribution in [0, 0.1) is 6.92 Å². The molecule has 2 heterocycles. The van der Waals surface area contributed by atoms with Gasteiger partial charge in [0.05, 0.1) is 11.6 Å². The molecule has 5 nitrogen and oxygen atoms in total. The second kappa shape index (κ2) is 3.86. The molecule has 15 heavy (non-hydrogen) atoms. The number of nitrogens with one attached hydrogen (secondary N) is 1. The summed E-state index contributed by atoms with van der Waals surface area (Å²) in [5.74, 6) is 1.89. The summed E-state index contributed by atoms with van der Waals surface area (Å²) in [6.45, 7) is 3.83. The van der Waals surface area contributed by atoms with Crippen LogP contribution in [0.5, 0.6) is 0 Å². The molecule has 0 aliphatic carbocycles. The maximum absolute atomic E-state index is 5.49. The molecule has 0 aromatic carbocycles. The minimum absolute atomic E-state index is 0.0549. The normalized spacial score (nSPS) is 13.0. The number of furan rings is 1. The molecule has 2 rings (SSSR count). The lowest BCUT2D eigenvalue weighted by atomic mass is 10.3. The van der Waals surface area contributed by atoms with E-state index in [2.05, 4.69) is 15.5 Å². The first-order valence-corrected chi connectivity index (χ1v) is 4.77. The van der Waals surface area contributed by atoms with Gasteiger partial charge in [-0.25, -0.2) is 0 Å². The molecule has 1 atom stereocenters. The van der Waals surface area contributed by atoms with Gasteiger partial charge < -0.3 is 14.2 Å². The van der Waals surface area contributed by atoms with E-state index < -0.39 is 0 Å². The second-order valence-corrected chi connectivity index (χ2v) is 3.40. The van der Waals surface area contributed by atoms with Crippen molar-refractivity contribution in [3.63, 3.8) is 0 Å². The summed E-state index contributed by atoms with van der Waals surface area (Å²) in [5.41, 5.74) is 0.814. The van der Waals surface area contributed by atoms with Crippen molar-refractivity contribution in [2.75, 3.05) is 7.05 Å². The number of rotatable bonds is 3. The number of aromatic nitrogens is 2. The van der Waals surface area contributed by atoms with Crippen molar-refractivity contribution in [1.82, 2.24) is 15.5 Å². The summed E-state index contributed by atoms with van der Waals surface area (Å²) in [5, 5.41) is 10.9. The maximum Gasteiger partial charge on any atom is 0.251 e. The van der Waals surface area contributed by atoms with Crippen molar-refractivity contribution < 1.29 is 8.83 Å². The lowest BCUT2D eigenvalue weighted by molar-refractivity contribution is 0.441. The number of nitrogens with zero attached hydrogens (tertiary/aromatic N) is 2. The van der Waals surface area contributed by atoms with Crippen LogP contribution >= 0.6 is 0 Å². The molecular formula is C10H13N3O2. The molecule has 0 amide bonds. The van der Waals surface area contributed by atoms with Gasteiger partial charge in [0.1, 0.15) is 12.0 Å². The molecular weight excluding hydrogens is 194 g/mol. The summed E-state index contributed by atoms with van der Waals surface area (Å²) < 4.78 is 10.7. The van der Waals surface area contributed by atoms with Crippen LogP contribution in [0.1, 0.15) is 24.6 Å². The average Bonchev–Trinajstić information content (AvgIpc) is 2.84. The highest BCUT2D eigenvalue weighted by Gasteiger charge is 2.14. The third-order valence-electron chi connectivity index (χ3n) is 2.22. The van der Waals surface area contributed by atoms with Crippen LogP contribution < -0.4 is 5.32 Å². The Hall–Kier alpha value is -1.62. The van der Waals surface area contributed by atoms with Gasteiger partial charge >= 0.3 is 0 Å². The average molecular weight is 207 g/mol. The highest BCUT2D eigenvalue weighted by molar-refractivity contribution is 5.50. The highest BCUT2D eigenvalue weighted by atomic mass is 16.4. The van der Waals surface area contributed by atoms with E-state index in [-0.39, 0.29) is 6.04 Å². The van der Waals surface area contributed by atoms with Gasteiger partial charge in [-0.3, -0.25) is 0 Å².